The predicted molar refractivity (Wildman–Crippen MR) is 50.6 cm³/mol. The summed E-state index contributed by atoms with van der Waals surface area (Å²) in [6, 6.07) is 0. The number of anilines is 1. The molecule has 13 heavy (non-hydrogen) atoms. The van der Waals surface area contributed by atoms with Gasteiger partial charge < -0.3 is 10.2 Å². The Bertz CT molecular complexity index is 276. The van der Waals surface area contributed by atoms with Crippen LogP contribution in [0.4, 0.5) is 5.82 Å². The number of aryl methyl sites for hydroxylation is 1. The molecular formula is C8H15N5. The van der Waals surface area contributed by atoms with E-state index in [-0.39, 0.29) is 0 Å². The van der Waals surface area contributed by atoms with E-state index >= 15 is 0 Å². The van der Waals surface area contributed by atoms with E-state index in [1.807, 2.05) is 25.0 Å². The highest BCUT2D eigenvalue weighted by Crippen LogP contribution is 2.21. The highest BCUT2D eigenvalue weighted by molar-refractivity contribution is 5.39. The lowest BCUT2D eigenvalue weighted by Gasteiger charge is -2.40. The first-order valence-electron chi connectivity index (χ1n) is 4.55. The monoisotopic (exact) mass is 181 g/mol. The number of nitrogens with zero attached hydrogens (tertiary/aromatic N) is 4. The molecule has 1 aliphatic rings. The summed E-state index contributed by atoms with van der Waals surface area (Å²) in [5.41, 5.74) is 0. The smallest absolute Gasteiger partial charge is 0.147 e. The Morgan fingerprint density at radius 3 is 2.92 bits per heavy atom. The second-order valence-electron chi connectivity index (χ2n) is 3.54. The van der Waals surface area contributed by atoms with Gasteiger partial charge in [-0.3, -0.25) is 0 Å². The van der Waals surface area contributed by atoms with Crippen LogP contribution >= 0.6 is 0 Å². The van der Waals surface area contributed by atoms with Crippen LogP contribution in [-0.2, 0) is 7.05 Å². The Balaban J connectivity index is 1.90. The maximum Gasteiger partial charge on any atom is 0.147 e. The van der Waals surface area contributed by atoms with E-state index < -0.39 is 0 Å². The van der Waals surface area contributed by atoms with Crippen LogP contribution in [0.2, 0.25) is 0 Å². The molecule has 1 N–H and O–H groups in total. The van der Waals surface area contributed by atoms with Gasteiger partial charge in [-0.2, -0.15) is 0 Å². The Hall–Kier alpha value is -1.10. The van der Waals surface area contributed by atoms with Crippen LogP contribution in [0.25, 0.3) is 0 Å². The Morgan fingerprint density at radius 2 is 2.38 bits per heavy atom. The van der Waals surface area contributed by atoms with Crippen LogP contribution in [0.1, 0.15) is 0 Å². The van der Waals surface area contributed by atoms with Gasteiger partial charge in [0.2, 0.25) is 0 Å². The van der Waals surface area contributed by atoms with E-state index in [2.05, 4.69) is 20.5 Å². The fourth-order valence-electron chi connectivity index (χ4n) is 1.75. The van der Waals surface area contributed by atoms with Gasteiger partial charge in [0.05, 0.1) is 6.20 Å². The predicted octanol–water partition coefficient (Wildman–Crippen LogP) is -0.529. The second kappa shape index (κ2) is 3.33. The van der Waals surface area contributed by atoms with E-state index in [9.17, 15) is 0 Å². The molecule has 72 valence electrons. The van der Waals surface area contributed by atoms with E-state index in [0.29, 0.717) is 0 Å². The van der Waals surface area contributed by atoms with Crippen molar-refractivity contribution in [3.05, 3.63) is 6.20 Å². The second-order valence-corrected chi connectivity index (χ2v) is 3.54. The molecule has 0 spiro atoms. The van der Waals surface area contributed by atoms with Crippen LogP contribution in [0.15, 0.2) is 6.20 Å². The first kappa shape index (κ1) is 8.50. The van der Waals surface area contributed by atoms with Gasteiger partial charge in [0.25, 0.3) is 0 Å². The summed E-state index contributed by atoms with van der Waals surface area (Å²) in [6.45, 7) is 3.33. The first-order valence-corrected chi connectivity index (χ1v) is 4.55. The van der Waals surface area contributed by atoms with E-state index in [0.717, 1.165) is 31.4 Å². The maximum atomic E-state index is 3.90. The summed E-state index contributed by atoms with van der Waals surface area (Å²) in [5, 5.41) is 10.9. The van der Waals surface area contributed by atoms with Gasteiger partial charge >= 0.3 is 0 Å². The molecule has 1 aliphatic heterocycles. The third kappa shape index (κ3) is 1.51. The molecular weight excluding hydrogens is 166 g/mol. The summed E-state index contributed by atoms with van der Waals surface area (Å²) >= 11 is 0. The molecule has 1 aromatic rings. The zero-order chi connectivity index (χ0) is 9.26. The number of nitrogens with one attached hydrogen (secondary N) is 1. The molecule has 0 bridgehead atoms. The minimum atomic E-state index is 0.778. The fraction of sp³-hybridized carbons (Fsp3) is 0.750. The van der Waals surface area contributed by atoms with Crippen LogP contribution in [0.3, 0.4) is 0 Å². The highest BCUT2D eigenvalue weighted by Gasteiger charge is 2.27. The lowest BCUT2D eigenvalue weighted by Crippen LogP contribution is -2.51. The average molecular weight is 181 g/mol. The van der Waals surface area contributed by atoms with Crippen LogP contribution in [0, 0.1) is 5.92 Å². The van der Waals surface area contributed by atoms with Crippen molar-refractivity contribution in [1.29, 1.82) is 0 Å². The van der Waals surface area contributed by atoms with Crippen molar-refractivity contribution in [2.24, 2.45) is 13.0 Å². The highest BCUT2D eigenvalue weighted by atomic mass is 15.5. The van der Waals surface area contributed by atoms with Crippen molar-refractivity contribution in [3.8, 4) is 0 Å². The Morgan fingerprint density at radius 1 is 1.62 bits per heavy atom. The Kier molecular flexibility index (Phi) is 2.18. The quantitative estimate of drug-likeness (QED) is 0.681. The van der Waals surface area contributed by atoms with Crippen molar-refractivity contribution >= 4 is 5.82 Å². The van der Waals surface area contributed by atoms with Crippen molar-refractivity contribution in [3.63, 3.8) is 0 Å². The standard InChI is InChI=1S/C8H15N5/c1-9-3-7-5-13(6-7)8-4-10-11-12(8)2/h4,7,9H,3,5-6H2,1-2H3. The molecule has 1 saturated heterocycles. The first-order chi connectivity index (χ1) is 6.31. The molecule has 1 aromatic heterocycles. The lowest BCUT2D eigenvalue weighted by molar-refractivity contribution is 0.389. The fourth-order valence-corrected chi connectivity index (χ4v) is 1.75. The third-order valence-corrected chi connectivity index (χ3v) is 2.46. The van der Waals surface area contributed by atoms with Gasteiger partial charge in [-0.15, -0.1) is 5.10 Å². The minimum absolute atomic E-state index is 0.778. The third-order valence-electron chi connectivity index (χ3n) is 2.46. The number of rotatable bonds is 3. The average Bonchev–Trinajstić information content (AvgIpc) is 2.43. The summed E-state index contributed by atoms with van der Waals surface area (Å²) in [4.78, 5) is 2.29. The van der Waals surface area contributed by atoms with E-state index in [1.54, 1.807) is 0 Å². The molecule has 0 amide bonds. The molecule has 0 aliphatic carbocycles. The van der Waals surface area contributed by atoms with Crippen molar-refractivity contribution < 1.29 is 0 Å². The molecule has 0 radical (unpaired) electrons. The summed E-state index contributed by atoms with van der Waals surface area (Å²) in [5.74, 6) is 1.90. The largest absolute Gasteiger partial charge is 0.355 e. The van der Waals surface area contributed by atoms with Gasteiger partial charge in [0.1, 0.15) is 5.82 Å². The van der Waals surface area contributed by atoms with Crippen LogP contribution in [-0.4, -0.2) is 41.7 Å². The summed E-state index contributed by atoms with van der Waals surface area (Å²) in [7, 11) is 3.92. The molecule has 1 fully saturated rings. The molecule has 0 saturated carbocycles. The zero-order valence-corrected chi connectivity index (χ0v) is 8.06. The summed E-state index contributed by atoms with van der Waals surface area (Å²) in [6.07, 6.45) is 1.82. The minimum Gasteiger partial charge on any atom is -0.355 e. The SMILES string of the molecule is CNCC1CN(c2cnnn2C)C1. The Labute approximate surface area is 77.7 Å². The zero-order valence-electron chi connectivity index (χ0n) is 8.06. The topological polar surface area (TPSA) is 46.0 Å². The van der Waals surface area contributed by atoms with Gasteiger partial charge in [-0.1, -0.05) is 5.21 Å². The van der Waals surface area contributed by atoms with Crippen molar-refractivity contribution in [2.45, 2.75) is 0 Å². The van der Waals surface area contributed by atoms with Crippen LogP contribution in [0.5, 0.6) is 0 Å². The van der Waals surface area contributed by atoms with Gasteiger partial charge in [-0.25, -0.2) is 4.68 Å². The molecule has 0 aromatic carbocycles. The molecule has 2 heterocycles. The molecule has 2 rings (SSSR count). The van der Waals surface area contributed by atoms with Gasteiger partial charge in [0.15, 0.2) is 0 Å². The maximum absolute atomic E-state index is 3.90. The van der Waals surface area contributed by atoms with Gasteiger partial charge in [-0.05, 0) is 7.05 Å². The normalized spacial score (nSPS) is 17.5. The number of hydrogen-bond donors (Lipinski definition) is 1. The summed E-state index contributed by atoms with van der Waals surface area (Å²) < 4.78 is 1.82. The van der Waals surface area contributed by atoms with E-state index in [1.165, 1.54) is 0 Å². The van der Waals surface area contributed by atoms with Crippen molar-refractivity contribution in [2.75, 3.05) is 31.6 Å². The number of hydrogen-bond acceptors (Lipinski definition) is 4. The lowest BCUT2D eigenvalue weighted by atomic mass is 10.0. The molecule has 5 heteroatoms. The molecule has 5 nitrogen and oxygen atoms in total. The van der Waals surface area contributed by atoms with E-state index in [4.69, 9.17) is 0 Å². The van der Waals surface area contributed by atoms with Crippen LogP contribution < -0.4 is 10.2 Å². The van der Waals surface area contributed by atoms with Gasteiger partial charge in [0, 0.05) is 32.6 Å². The number of aromatic nitrogens is 3. The molecule has 0 unspecified atom stereocenters. The van der Waals surface area contributed by atoms with Crippen molar-refractivity contribution in [1.82, 2.24) is 20.3 Å². The molecule has 0 atom stereocenters.